The molecule has 1 atom stereocenters. The average Bonchev–Trinajstić information content (AvgIpc) is 3.16. The molecule has 0 saturated carbocycles. The van der Waals surface area contributed by atoms with E-state index in [4.69, 9.17) is 13.9 Å². The maximum absolute atomic E-state index is 13.6. The molecule has 0 bridgehead atoms. The Bertz CT molecular complexity index is 656. The number of hydrogen-bond acceptors (Lipinski definition) is 5. The van der Waals surface area contributed by atoms with E-state index in [2.05, 4.69) is 9.88 Å². The molecule has 2 fully saturated rings. The van der Waals surface area contributed by atoms with E-state index in [9.17, 15) is 4.39 Å². The second-order valence-electron chi connectivity index (χ2n) is 6.28. The maximum Gasteiger partial charge on any atom is 0.250 e. The minimum Gasteiger partial charge on any atom is -0.475 e. The molecule has 0 aromatic carbocycles. The van der Waals surface area contributed by atoms with E-state index in [0.717, 1.165) is 32.7 Å². The molecule has 0 aliphatic carbocycles. The van der Waals surface area contributed by atoms with Crippen molar-refractivity contribution in [1.29, 1.82) is 0 Å². The lowest BCUT2D eigenvalue weighted by molar-refractivity contribution is -0.140. The Balaban J connectivity index is 1.34. The van der Waals surface area contributed by atoms with Crippen molar-refractivity contribution in [3.63, 3.8) is 0 Å². The Morgan fingerprint density at radius 2 is 2.30 bits per heavy atom. The van der Waals surface area contributed by atoms with Gasteiger partial charge in [0.1, 0.15) is 0 Å². The summed E-state index contributed by atoms with van der Waals surface area (Å²) in [6.45, 7) is 3.78. The highest BCUT2D eigenvalue weighted by molar-refractivity contribution is 5.14. The highest BCUT2D eigenvalue weighted by atomic mass is 19.1. The van der Waals surface area contributed by atoms with Gasteiger partial charge in [0.25, 0.3) is 0 Å². The van der Waals surface area contributed by atoms with Crippen molar-refractivity contribution in [2.24, 2.45) is 5.92 Å². The van der Waals surface area contributed by atoms with Gasteiger partial charge >= 0.3 is 0 Å². The molecule has 2 aromatic heterocycles. The largest absolute Gasteiger partial charge is 0.475 e. The summed E-state index contributed by atoms with van der Waals surface area (Å²) in [6, 6.07) is 4.90. The van der Waals surface area contributed by atoms with Gasteiger partial charge in [-0.25, -0.2) is 9.37 Å². The molecule has 4 rings (SSSR count). The Labute approximate surface area is 134 Å². The Hall–Kier alpha value is -1.92. The maximum atomic E-state index is 13.6. The van der Waals surface area contributed by atoms with Gasteiger partial charge in [0.15, 0.2) is 5.82 Å². The average molecular weight is 318 g/mol. The van der Waals surface area contributed by atoms with Crippen LogP contribution in [0.25, 0.3) is 0 Å². The number of nitrogens with zero attached hydrogens (tertiary/aromatic N) is 2. The van der Waals surface area contributed by atoms with Crippen molar-refractivity contribution >= 4 is 0 Å². The van der Waals surface area contributed by atoms with Crippen LogP contribution in [0.3, 0.4) is 0 Å². The van der Waals surface area contributed by atoms with E-state index in [1.807, 2.05) is 6.07 Å². The van der Waals surface area contributed by atoms with Crippen LogP contribution in [0.15, 0.2) is 41.3 Å². The summed E-state index contributed by atoms with van der Waals surface area (Å²) in [5.41, 5.74) is 1.01. The van der Waals surface area contributed by atoms with Crippen LogP contribution in [-0.2, 0) is 11.3 Å². The van der Waals surface area contributed by atoms with Crippen molar-refractivity contribution in [1.82, 2.24) is 9.88 Å². The Morgan fingerprint density at radius 1 is 1.39 bits per heavy atom. The van der Waals surface area contributed by atoms with Crippen LogP contribution in [0, 0.1) is 11.7 Å². The van der Waals surface area contributed by atoms with Crippen LogP contribution < -0.4 is 4.74 Å². The molecule has 4 heterocycles. The van der Waals surface area contributed by atoms with Crippen LogP contribution in [0.1, 0.15) is 12.0 Å². The second kappa shape index (κ2) is 5.94. The van der Waals surface area contributed by atoms with Crippen molar-refractivity contribution < 1.29 is 18.3 Å². The molecule has 122 valence electrons. The first-order valence-electron chi connectivity index (χ1n) is 7.86. The lowest BCUT2D eigenvalue weighted by Gasteiger charge is -2.50. The monoisotopic (exact) mass is 318 g/mol. The van der Waals surface area contributed by atoms with Crippen LogP contribution in [0.4, 0.5) is 4.39 Å². The third-order valence-electron chi connectivity index (χ3n) is 4.71. The standard InChI is InChI=1S/C17H19FN2O3/c18-15-2-1-5-19-16(15)22-10-14-4-7-23-17(14)11-20(12-17)8-13-3-6-21-9-13/h1-3,5-6,9,14H,4,7-8,10-12H2. The molecule has 2 aliphatic rings. The lowest BCUT2D eigenvalue weighted by atomic mass is 9.81. The van der Waals surface area contributed by atoms with Crippen LogP contribution in [0.2, 0.25) is 0 Å². The molecule has 5 nitrogen and oxygen atoms in total. The van der Waals surface area contributed by atoms with E-state index in [0.29, 0.717) is 6.61 Å². The number of furan rings is 1. The number of ether oxygens (including phenoxy) is 2. The number of aromatic nitrogens is 1. The van der Waals surface area contributed by atoms with Gasteiger partial charge < -0.3 is 13.9 Å². The highest BCUT2D eigenvalue weighted by Gasteiger charge is 2.53. The zero-order valence-corrected chi connectivity index (χ0v) is 12.8. The molecule has 0 N–H and O–H groups in total. The lowest BCUT2D eigenvalue weighted by Crippen LogP contribution is -2.64. The van der Waals surface area contributed by atoms with Crippen molar-refractivity contribution in [3.8, 4) is 5.88 Å². The summed E-state index contributed by atoms with van der Waals surface area (Å²) >= 11 is 0. The van der Waals surface area contributed by atoms with Gasteiger partial charge in [0.2, 0.25) is 5.88 Å². The number of rotatable bonds is 5. The van der Waals surface area contributed by atoms with Gasteiger partial charge in [-0.2, -0.15) is 0 Å². The Kier molecular flexibility index (Phi) is 3.79. The van der Waals surface area contributed by atoms with Gasteiger partial charge in [0, 0.05) is 43.9 Å². The number of halogens is 1. The second-order valence-corrected chi connectivity index (χ2v) is 6.28. The predicted octanol–water partition coefficient (Wildman–Crippen LogP) is 2.48. The van der Waals surface area contributed by atoms with Crippen LogP contribution in [0.5, 0.6) is 5.88 Å². The molecule has 2 aromatic rings. The van der Waals surface area contributed by atoms with Gasteiger partial charge in [-0.3, -0.25) is 4.90 Å². The normalized spacial score (nSPS) is 23.1. The first kappa shape index (κ1) is 14.7. The molecule has 0 radical (unpaired) electrons. The molecular formula is C17H19FN2O3. The van der Waals surface area contributed by atoms with E-state index >= 15 is 0 Å². The number of likely N-dealkylation sites (tertiary alicyclic amines) is 1. The molecular weight excluding hydrogens is 299 g/mol. The summed E-state index contributed by atoms with van der Waals surface area (Å²) in [4.78, 5) is 6.26. The summed E-state index contributed by atoms with van der Waals surface area (Å²) < 4.78 is 30.3. The van der Waals surface area contributed by atoms with E-state index in [1.165, 1.54) is 17.8 Å². The van der Waals surface area contributed by atoms with Crippen LogP contribution >= 0.6 is 0 Å². The fourth-order valence-corrected chi connectivity index (χ4v) is 3.49. The molecule has 2 saturated heterocycles. The van der Waals surface area contributed by atoms with Crippen molar-refractivity contribution in [2.75, 3.05) is 26.3 Å². The third-order valence-corrected chi connectivity index (χ3v) is 4.71. The highest BCUT2D eigenvalue weighted by Crippen LogP contribution is 2.40. The van der Waals surface area contributed by atoms with Gasteiger partial charge in [-0.15, -0.1) is 0 Å². The molecule has 1 spiro atoms. The zero-order chi connectivity index (χ0) is 15.7. The topological polar surface area (TPSA) is 47.7 Å². The first-order chi connectivity index (χ1) is 11.3. The summed E-state index contributed by atoms with van der Waals surface area (Å²) in [5, 5.41) is 0. The fraction of sp³-hybridized carbons (Fsp3) is 0.471. The Morgan fingerprint density at radius 3 is 3.09 bits per heavy atom. The third kappa shape index (κ3) is 2.84. The minimum atomic E-state index is -0.421. The minimum absolute atomic E-state index is 0.0733. The van der Waals surface area contributed by atoms with E-state index < -0.39 is 5.82 Å². The summed E-state index contributed by atoms with van der Waals surface area (Å²) in [6.07, 6.45) is 5.93. The van der Waals surface area contributed by atoms with Gasteiger partial charge in [-0.05, 0) is 24.6 Å². The number of hydrogen-bond donors (Lipinski definition) is 0. The fourth-order valence-electron chi connectivity index (χ4n) is 3.49. The zero-order valence-electron chi connectivity index (χ0n) is 12.8. The molecule has 0 amide bonds. The van der Waals surface area contributed by atoms with Crippen molar-refractivity contribution in [3.05, 3.63) is 48.3 Å². The summed E-state index contributed by atoms with van der Waals surface area (Å²) in [7, 11) is 0. The number of pyridine rings is 1. The van der Waals surface area contributed by atoms with E-state index in [-0.39, 0.29) is 17.4 Å². The molecule has 23 heavy (non-hydrogen) atoms. The van der Waals surface area contributed by atoms with Gasteiger partial charge in [0.05, 0.1) is 24.7 Å². The van der Waals surface area contributed by atoms with Crippen LogP contribution in [-0.4, -0.2) is 41.8 Å². The smallest absolute Gasteiger partial charge is 0.250 e. The SMILES string of the molecule is Fc1cccnc1OCC1CCOC12CN(Cc1ccoc1)C2. The molecule has 1 unspecified atom stereocenters. The van der Waals surface area contributed by atoms with Gasteiger partial charge in [-0.1, -0.05) is 0 Å². The quantitative estimate of drug-likeness (QED) is 0.847. The predicted molar refractivity (Wildman–Crippen MR) is 80.5 cm³/mol. The first-order valence-corrected chi connectivity index (χ1v) is 7.86. The molecule has 2 aliphatic heterocycles. The van der Waals surface area contributed by atoms with E-state index in [1.54, 1.807) is 18.6 Å². The summed E-state index contributed by atoms with van der Waals surface area (Å²) in [5.74, 6) is -0.0794. The molecule has 6 heteroatoms. The van der Waals surface area contributed by atoms with Crippen molar-refractivity contribution in [2.45, 2.75) is 18.6 Å².